The number of nitrogens with zero attached hydrogens (tertiary/aromatic N) is 1. The number of quaternary nitrogens is 1. The van der Waals surface area contributed by atoms with Crippen molar-refractivity contribution in [3.63, 3.8) is 0 Å². The molecule has 456 valence electrons. The normalized spacial score (nSPS) is 14.5. The minimum atomic E-state index is -4.72. The van der Waals surface area contributed by atoms with Crippen molar-refractivity contribution in [2.45, 2.75) is 258 Å². The molecule has 0 aliphatic rings. The molecule has 0 heterocycles. The minimum absolute atomic E-state index is 0.0387. The summed E-state index contributed by atoms with van der Waals surface area (Å²) in [7, 11) is 1.13. The quantitative estimate of drug-likeness (QED) is 0.0212. The Hall–Kier alpha value is -3.85. The summed E-state index contributed by atoms with van der Waals surface area (Å²) in [5, 5.41) is 3.00. The highest BCUT2D eigenvalue weighted by Gasteiger charge is 2.27. The molecule has 1 N–H and O–H groups in total. The molecule has 1 amide bonds. The van der Waals surface area contributed by atoms with Gasteiger partial charge in [0.2, 0.25) is 5.91 Å². The van der Waals surface area contributed by atoms with Crippen LogP contribution >= 0.6 is 7.82 Å². The number of allylic oxidation sites excluding steroid dienone is 21. The zero-order chi connectivity index (χ0) is 58.6. The van der Waals surface area contributed by atoms with Gasteiger partial charge in [0.25, 0.3) is 7.82 Å². The number of rotatable bonds is 56. The first-order valence-corrected chi connectivity index (χ1v) is 33.5. The van der Waals surface area contributed by atoms with Gasteiger partial charge >= 0.3 is 5.97 Å². The van der Waals surface area contributed by atoms with Crippen LogP contribution in [-0.2, 0) is 27.9 Å². The molecule has 9 nitrogen and oxygen atoms in total. The lowest BCUT2D eigenvalue weighted by atomic mass is 10.0. The molecule has 0 radical (unpaired) electrons. The second-order valence-electron chi connectivity index (χ2n) is 22.1. The summed E-state index contributed by atoms with van der Waals surface area (Å²) in [6.45, 7) is 6.56. The van der Waals surface area contributed by atoms with E-state index in [1.807, 2.05) is 33.3 Å². The largest absolute Gasteiger partial charge is 0.756 e. The summed E-state index contributed by atoms with van der Waals surface area (Å²) in [5.74, 6) is -0.603. The van der Waals surface area contributed by atoms with E-state index in [0.717, 1.165) is 141 Å². The predicted molar refractivity (Wildman–Crippen MR) is 343 cm³/mol. The maximum atomic E-state index is 13.5. The Morgan fingerprint density at radius 1 is 0.450 bits per heavy atom. The molecule has 0 fully saturated rings. The van der Waals surface area contributed by atoms with Crippen LogP contribution < -0.4 is 10.2 Å². The number of hydrogen-bond donors (Lipinski definition) is 1. The van der Waals surface area contributed by atoms with Crippen molar-refractivity contribution in [2.75, 3.05) is 40.9 Å². The van der Waals surface area contributed by atoms with Gasteiger partial charge in [0, 0.05) is 12.8 Å². The van der Waals surface area contributed by atoms with Gasteiger partial charge in [0.1, 0.15) is 19.3 Å². The number of phosphoric ester groups is 1. The first kappa shape index (κ1) is 76.1. The Kier molecular flexibility index (Phi) is 55.5. The fourth-order valence-corrected chi connectivity index (χ4v) is 9.18. The average Bonchev–Trinajstić information content (AvgIpc) is 3.42. The molecule has 0 bridgehead atoms. The third kappa shape index (κ3) is 58.8. The zero-order valence-electron chi connectivity index (χ0n) is 52.0. The number of esters is 1. The van der Waals surface area contributed by atoms with E-state index in [1.165, 1.54) is 57.8 Å². The number of phosphoric acid groups is 1. The van der Waals surface area contributed by atoms with Crippen molar-refractivity contribution in [3.05, 3.63) is 134 Å². The molecular formula is C70H119N2O7P. The van der Waals surface area contributed by atoms with Crippen LogP contribution in [0.2, 0.25) is 0 Å². The number of likely N-dealkylation sites (N-methyl/N-ethyl adjacent to an activating group) is 1. The zero-order valence-corrected chi connectivity index (χ0v) is 52.9. The summed E-state index contributed by atoms with van der Waals surface area (Å²) in [4.78, 5) is 40.0. The first-order valence-electron chi connectivity index (χ1n) is 32.0. The van der Waals surface area contributed by atoms with E-state index in [0.29, 0.717) is 23.9 Å². The molecule has 0 saturated carbocycles. The number of carbonyl (C=O) groups is 2. The third-order valence-corrected chi connectivity index (χ3v) is 14.3. The van der Waals surface area contributed by atoms with Crippen molar-refractivity contribution in [1.29, 1.82) is 0 Å². The Labute approximate surface area is 492 Å². The van der Waals surface area contributed by atoms with Crippen LogP contribution in [0.5, 0.6) is 0 Å². The van der Waals surface area contributed by atoms with Crippen molar-refractivity contribution in [2.24, 2.45) is 0 Å². The number of amides is 1. The molecule has 3 unspecified atom stereocenters. The van der Waals surface area contributed by atoms with Crippen molar-refractivity contribution in [1.82, 2.24) is 5.32 Å². The lowest BCUT2D eigenvalue weighted by Gasteiger charge is -2.30. The number of unbranched alkanes of at least 4 members (excludes halogenated alkanes) is 20. The monoisotopic (exact) mass is 1130 g/mol. The van der Waals surface area contributed by atoms with Crippen LogP contribution in [0.25, 0.3) is 0 Å². The van der Waals surface area contributed by atoms with Crippen molar-refractivity contribution in [3.8, 4) is 0 Å². The highest BCUT2D eigenvalue weighted by Crippen LogP contribution is 2.38. The number of ether oxygens (including phenoxy) is 1. The minimum Gasteiger partial charge on any atom is -0.756 e. The lowest BCUT2D eigenvalue weighted by molar-refractivity contribution is -0.870. The average molecular weight is 1130 g/mol. The van der Waals surface area contributed by atoms with E-state index < -0.39 is 26.6 Å². The molecule has 0 spiro atoms. The molecule has 10 heteroatoms. The third-order valence-electron chi connectivity index (χ3n) is 13.3. The molecule has 0 aliphatic carbocycles. The molecule has 80 heavy (non-hydrogen) atoms. The van der Waals surface area contributed by atoms with Gasteiger partial charge in [0.15, 0.2) is 0 Å². The fourth-order valence-electron chi connectivity index (χ4n) is 8.46. The highest BCUT2D eigenvalue weighted by atomic mass is 31.2. The molecule has 0 rings (SSSR count). The van der Waals surface area contributed by atoms with Crippen LogP contribution in [0.3, 0.4) is 0 Å². The van der Waals surface area contributed by atoms with Crippen LogP contribution in [0.1, 0.15) is 245 Å². The molecule has 0 saturated heterocycles. The van der Waals surface area contributed by atoms with Crippen LogP contribution in [0.4, 0.5) is 0 Å². The summed E-state index contributed by atoms with van der Waals surface area (Å²) in [6.07, 6.45) is 82.8. The first-order chi connectivity index (χ1) is 38.9. The maximum absolute atomic E-state index is 13.5. The highest BCUT2D eigenvalue weighted by molar-refractivity contribution is 7.45. The SMILES string of the molecule is CC/C=C\C/C=C\C/C=C\C/C=C\C/C=C\C/C=C\CCCCCCCCC(=O)OC(/C=C\CCCCCCCCCCCCC)C(COP(=O)([O-])OCC[N+](C)(C)C)NC(=O)CCCCC/C=C/C/C=C/C/C=C/C/C=C/CC. The number of carbonyl (C=O) groups excluding carboxylic acids is 2. The summed E-state index contributed by atoms with van der Waals surface area (Å²) >= 11 is 0. The standard InChI is InChI=1S/C70H119N2O7P/c1-7-10-13-16-19-22-25-28-30-32-33-34-35-36-37-38-39-40-42-45-48-51-54-57-60-63-70(74)79-68(61-58-55-52-49-46-43-27-24-21-18-15-12-9-3)67(66-78-80(75,76)77-65-64-72(4,5)6)71-69(73)62-59-56-53-50-47-44-41-31-29-26-23-20-17-14-11-8-2/h10-11,13-14,19-20,22-23,28-31,33-34,36-37,39-40,44,47,58,61,67-68H,7-9,12,15-18,21,24-27,32,35,38,41-43,45-46,48-57,59-60,62-66H2,1-6H3,(H-,71,73,75,76)/b13-10-,14-11+,22-19-,23-20+,30-28-,31-29+,34-33-,37-36-,40-39-,47-44+,61-58-. The molecular weight excluding hydrogens is 1010 g/mol. The van der Waals surface area contributed by atoms with Crippen LogP contribution in [0, 0.1) is 0 Å². The maximum Gasteiger partial charge on any atom is 0.306 e. The topological polar surface area (TPSA) is 114 Å². The van der Waals surface area contributed by atoms with E-state index in [4.69, 9.17) is 13.8 Å². The number of hydrogen-bond acceptors (Lipinski definition) is 7. The Morgan fingerprint density at radius 3 is 1.21 bits per heavy atom. The Bertz CT molecular complexity index is 1830. The van der Waals surface area contributed by atoms with E-state index in [1.54, 1.807) is 0 Å². The van der Waals surface area contributed by atoms with Gasteiger partial charge in [-0.05, 0) is 122 Å². The van der Waals surface area contributed by atoms with Crippen molar-refractivity contribution >= 4 is 19.7 Å². The Balaban J connectivity index is 5.30. The summed E-state index contributed by atoms with van der Waals surface area (Å²) in [6, 6.07) is -0.921. The summed E-state index contributed by atoms with van der Waals surface area (Å²) < 4.78 is 30.3. The van der Waals surface area contributed by atoms with E-state index in [-0.39, 0.29) is 31.3 Å². The fraction of sp³-hybridized carbons (Fsp3) is 0.657. The van der Waals surface area contributed by atoms with Crippen molar-refractivity contribution < 1.29 is 37.3 Å². The number of nitrogens with one attached hydrogen (secondary N) is 1. The molecule has 3 atom stereocenters. The second-order valence-corrected chi connectivity index (χ2v) is 23.6. The molecule has 0 aromatic rings. The Morgan fingerprint density at radius 2 is 0.800 bits per heavy atom. The van der Waals surface area contributed by atoms with Crippen LogP contribution in [-0.4, -0.2) is 69.4 Å². The van der Waals surface area contributed by atoms with E-state index in [9.17, 15) is 19.0 Å². The van der Waals surface area contributed by atoms with E-state index in [2.05, 4.69) is 148 Å². The van der Waals surface area contributed by atoms with Crippen LogP contribution in [0.15, 0.2) is 134 Å². The van der Waals surface area contributed by atoms with Gasteiger partial charge in [-0.2, -0.15) is 0 Å². The molecule has 0 aliphatic heterocycles. The van der Waals surface area contributed by atoms with Gasteiger partial charge < -0.3 is 28.5 Å². The van der Waals surface area contributed by atoms with Gasteiger partial charge in [-0.25, -0.2) is 0 Å². The van der Waals surface area contributed by atoms with Gasteiger partial charge in [0.05, 0.1) is 33.8 Å². The second kappa shape index (κ2) is 58.4. The van der Waals surface area contributed by atoms with Gasteiger partial charge in [-0.3, -0.25) is 14.2 Å². The molecule has 0 aromatic heterocycles. The summed E-state index contributed by atoms with van der Waals surface area (Å²) in [5.41, 5.74) is 0. The predicted octanol–water partition coefficient (Wildman–Crippen LogP) is 19.4. The molecule has 0 aromatic carbocycles. The van der Waals surface area contributed by atoms with Gasteiger partial charge in [-0.1, -0.05) is 245 Å². The van der Waals surface area contributed by atoms with E-state index >= 15 is 0 Å². The van der Waals surface area contributed by atoms with Gasteiger partial charge in [-0.15, -0.1) is 0 Å². The smallest absolute Gasteiger partial charge is 0.306 e. The lowest BCUT2D eigenvalue weighted by Crippen LogP contribution is -2.47.